The van der Waals surface area contributed by atoms with Crippen LogP contribution in [0.3, 0.4) is 0 Å². The van der Waals surface area contributed by atoms with Gasteiger partial charge < -0.3 is 10.2 Å². The van der Waals surface area contributed by atoms with Crippen LogP contribution in [0.5, 0.6) is 0 Å². The van der Waals surface area contributed by atoms with Gasteiger partial charge in [-0.3, -0.25) is 4.90 Å². The Morgan fingerprint density at radius 2 is 1.85 bits per heavy atom. The van der Waals surface area contributed by atoms with Gasteiger partial charge in [0.15, 0.2) is 0 Å². The summed E-state index contributed by atoms with van der Waals surface area (Å²) in [4.78, 5) is 4.89. The third kappa shape index (κ3) is 4.60. The summed E-state index contributed by atoms with van der Waals surface area (Å²) >= 11 is 0. The smallest absolute Gasteiger partial charge is 0.0481 e. The fourth-order valence-corrected chi connectivity index (χ4v) is 1.54. The number of hydrogen-bond acceptors (Lipinski definition) is 3. The van der Waals surface area contributed by atoms with Crippen molar-refractivity contribution in [3.05, 3.63) is 0 Å². The third-order valence-electron chi connectivity index (χ3n) is 2.64. The number of nitrogens with zero attached hydrogens (tertiary/aromatic N) is 2. The summed E-state index contributed by atoms with van der Waals surface area (Å²) < 4.78 is 0. The minimum Gasteiger partial charge on any atom is -0.304 e. The molecule has 0 bridgehead atoms. The van der Waals surface area contributed by atoms with E-state index in [1.807, 2.05) is 0 Å². The van der Waals surface area contributed by atoms with Gasteiger partial charge in [-0.15, -0.1) is 0 Å². The highest BCUT2D eigenvalue weighted by Gasteiger charge is 2.12. The maximum Gasteiger partial charge on any atom is 0.0481 e. The molecule has 0 aromatic rings. The van der Waals surface area contributed by atoms with E-state index in [1.165, 1.54) is 45.6 Å². The lowest BCUT2D eigenvalue weighted by Gasteiger charge is -2.32. The monoisotopic (exact) mass is 185 g/mol. The average molecular weight is 185 g/mol. The minimum atomic E-state index is 1.08. The Kier molecular flexibility index (Phi) is 5.35. The molecule has 1 fully saturated rings. The molecule has 0 atom stereocenters. The zero-order valence-corrected chi connectivity index (χ0v) is 9.05. The van der Waals surface area contributed by atoms with Crippen LogP contribution in [-0.4, -0.2) is 56.2 Å². The molecular weight excluding hydrogens is 162 g/mol. The number of rotatable bonds is 5. The average Bonchev–Trinajstić information content (AvgIpc) is 2.15. The standard InChI is InChI=1S/C10H23N3/c1-3-4-5-11-10-13-8-6-12(2)7-9-13/h11H,3-10H2,1-2H3. The molecule has 1 rings (SSSR count). The van der Waals surface area contributed by atoms with E-state index in [0.717, 1.165) is 6.67 Å². The lowest BCUT2D eigenvalue weighted by Crippen LogP contribution is -2.47. The second-order valence-corrected chi connectivity index (χ2v) is 3.93. The van der Waals surface area contributed by atoms with Gasteiger partial charge in [0.2, 0.25) is 0 Å². The number of nitrogens with one attached hydrogen (secondary N) is 1. The molecule has 3 heteroatoms. The number of hydrogen-bond donors (Lipinski definition) is 1. The Labute approximate surface area is 82.1 Å². The topological polar surface area (TPSA) is 18.5 Å². The molecule has 1 N–H and O–H groups in total. The molecule has 1 aliphatic rings. The summed E-state index contributed by atoms with van der Waals surface area (Å²) in [7, 11) is 2.20. The van der Waals surface area contributed by atoms with Crippen LogP contribution in [0.4, 0.5) is 0 Å². The molecule has 3 nitrogen and oxygen atoms in total. The van der Waals surface area contributed by atoms with E-state index in [-0.39, 0.29) is 0 Å². The summed E-state index contributed by atoms with van der Waals surface area (Å²) in [5.74, 6) is 0. The summed E-state index contributed by atoms with van der Waals surface area (Å²) in [6.45, 7) is 9.35. The Balaban J connectivity index is 1.96. The zero-order chi connectivity index (χ0) is 9.52. The predicted octanol–water partition coefficient (Wildman–Crippen LogP) is 0.581. The van der Waals surface area contributed by atoms with Gasteiger partial charge in [0.25, 0.3) is 0 Å². The van der Waals surface area contributed by atoms with E-state index < -0.39 is 0 Å². The van der Waals surface area contributed by atoms with Crippen molar-refractivity contribution in [2.24, 2.45) is 0 Å². The van der Waals surface area contributed by atoms with E-state index in [4.69, 9.17) is 0 Å². The van der Waals surface area contributed by atoms with Crippen molar-refractivity contribution in [1.29, 1.82) is 0 Å². The fraction of sp³-hybridized carbons (Fsp3) is 1.00. The highest BCUT2D eigenvalue weighted by molar-refractivity contribution is 4.68. The van der Waals surface area contributed by atoms with Crippen LogP contribution in [0.1, 0.15) is 19.8 Å². The van der Waals surface area contributed by atoms with Crippen molar-refractivity contribution >= 4 is 0 Å². The van der Waals surface area contributed by atoms with Crippen LogP contribution in [0.25, 0.3) is 0 Å². The highest BCUT2D eigenvalue weighted by atomic mass is 15.3. The predicted molar refractivity (Wildman–Crippen MR) is 56.8 cm³/mol. The fourth-order valence-electron chi connectivity index (χ4n) is 1.54. The molecule has 0 unspecified atom stereocenters. The molecule has 0 spiro atoms. The number of unbranched alkanes of at least 4 members (excludes halogenated alkanes) is 1. The van der Waals surface area contributed by atoms with Gasteiger partial charge in [-0.1, -0.05) is 13.3 Å². The van der Waals surface area contributed by atoms with Gasteiger partial charge in [-0.05, 0) is 20.0 Å². The summed E-state index contributed by atoms with van der Waals surface area (Å²) in [6.07, 6.45) is 2.59. The first kappa shape index (κ1) is 11.0. The van der Waals surface area contributed by atoms with Crippen molar-refractivity contribution in [2.75, 3.05) is 46.4 Å². The molecule has 0 aromatic heterocycles. The molecule has 1 aliphatic heterocycles. The van der Waals surface area contributed by atoms with Crippen molar-refractivity contribution in [3.63, 3.8) is 0 Å². The molecule has 0 amide bonds. The largest absolute Gasteiger partial charge is 0.304 e. The van der Waals surface area contributed by atoms with E-state index >= 15 is 0 Å². The van der Waals surface area contributed by atoms with E-state index in [0.29, 0.717) is 0 Å². The summed E-state index contributed by atoms with van der Waals surface area (Å²) in [5, 5.41) is 3.48. The van der Waals surface area contributed by atoms with Crippen LogP contribution >= 0.6 is 0 Å². The lowest BCUT2D eigenvalue weighted by molar-refractivity contribution is 0.145. The van der Waals surface area contributed by atoms with Crippen LogP contribution in [-0.2, 0) is 0 Å². The molecule has 1 heterocycles. The van der Waals surface area contributed by atoms with E-state index in [9.17, 15) is 0 Å². The maximum atomic E-state index is 3.48. The molecule has 0 aliphatic carbocycles. The number of likely N-dealkylation sites (N-methyl/N-ethyl adjacent to an activating group) is 1. The quantitative estimate of drug-likeness (QED) is 0.632. The Morgan fingerprint density at radius 3 is 2.46 bits per heavy atom. The lowest BCUT2D eigenvalue weighted by atomic mass is 10.3. The van der Waals surface area contributed by atoms with Gasteiger partial charge in [0, 0.05) is 32.8 Å². The molecule has 1 saturated heterocycles. The SMILES string of the molecule is CCCCNCN1CCN(C)CC1. The van der Waals surface area contributed by atoms with Gasteiger partial charge in [0.1, 0.15) is 0 Å². The maximum absolute atomic E-state index is 3.48. The normalized spacial score (nSPS) is 20.8. The van der Waals surface area contributed by atoms with Gasteiger partial charge in [-0.25, -0.2) is 0 Å². The van der Waals surface area contributed by atoms with E-state index in [1.54, 1.807) is 0 Å². The molecule has 13 heavy (non-hydrogen) atoms. The first-order valence-electron chi connectivity index (χ1n) is 5.44. The van der Waals surface area contributed by atoms with Crippen LogP contribution in [0.15, 0.2) is 0 Å². The molecular formula is C10H23N3. The first-order chi connectivity index (χ1) is 6.33. The Bertz CT molecular complexity index is 119. The summed E-state index contributed by atoms with van der Waals surface area (Å²) in [6, 6.07) is 0. The van der Waals surface area contributed by atoms with Crippen LogP contribution < -0.4 is 5.32 Å². The minimum absolute atomic E-state index is 1.08. The molecule has 0 radical (unpaired) electrons. The van der Waals surface area contributed by atoms with Gasteiger partial charge >= 0.3 is 0 Å². The summed E-state index contributed by atoms with van der Waals surface area (Å²) in [5.41, 5.74) is 0. The highest BCUT2D eigenvalue weighted by Crippen LogP contribution is 1.96. The second kappa shape index (κ2) is 6.35. The Morgan fingerprint density at radius 1 is 1.15 bits per heavy atom. The van der Waals surface area contributed by atoms with Crippen molar-refractivity contribution in [1.82, 2.24) is 15.1 Å². The van der Waals surface area contributed by atoms with E-state index in [2.05, 4.69) is 29.1 Å². The molecule has 78 valence electrons. The van der Waals surface area contributed by atoms with Crippen molar-refractivity contribution in [2.45, 2.75) is 19.8 Å². The van der Waals surface area contributed by atoms with Crippen molar-refractivity contribution in [3.8, 4) is 0 Å². The second-order valence-electron chi connectivity index (χ2n) is 3.93. The number of piperazine rings is 1. The zero-order valence-electron chi connectivity index (χ0n) is 9.05. The van der Waals surface area contributed by atoms with Crippen LogP contribution in [0.2, 0.25) is 0 Å². The third-order valence-corrected chi connectivity index (χ3v) is 2.64. The van der Waals surface area contributed by atoms with Gasteiger partial charge in [-0.2, -0.15) is 0 Å². The first-order valence-corrected chi connectivity index (χ1v) is 5.44. The molecule has 0 aromatic carbocycles. The van der Waals surface area contributed by atoms with Crippen LogP contribution in [0, 0.1) is 0 Å². The molecule has 0 saturated carbocycles. The van der Waals surface area contributed by atoms with Crippen molar-refractivity contribution < 1.29 is 0 Å². The Hall–Kier alpha value is -0.120. The van der Waals surface area contributed by atoms with Gasteiger partial charge in [0.05, 0.1) is 0 Å².